The smallest absolute Gasteiger partial charge is 0.304 e. The summed E-state index contributed by atoms with van der Waals surface area (Å²) in [6, 6.07) is 7.12. The van der Waals surface area contributed by atoms with Crippen molar-refractivity contribution in [2.75, 3.05) is 0 Å². The van der Waals surface area contributed by atoms with Crippen LogP contribution in [0.2, 0.25) is 0 Å². The lowest BCUT2D eigenvalue weighted by Crippen LogP contribution is -2.16. The Balaban J connectivity index is 2.48. The molecule has 0 aliphatic carbocycles. The molecule has 1 aromatic heterocycles. The number of rotatable bonds is 4. The first-order valence-corrected chi connectivity index (χ1v) is 6.59. The minimum absolute atomic E-state index is 0.177. The van der Waals surface area contributed by atoms with Crippen LogP contribution in [-0.4, -0.2) is 21.8 Å². The number of halogens is 1. The summed E-state index contributed by atoms with van der Waals surface area (Å²) in [5.41, 5.74) is 1.06. The molecule has 5 heteroatoms. The number of carbonyl (C=O) groups excluding carboxylic acids is 1. The van der Waals surface area contributed by atoms with E-state index in [9.17, 15) is 9.59 Å². The Kier molecular flexibility index (Phi) is 3.95. The van der Waals surface area contributed by atoms with E-state index < -0.39 is 11.9 Å². The third-order valence-corrected chi connectivity index (χ3v) is 3.60. The number of nitrogens with zero attached hydrogens (tertiary/aromatic N) is 1. The van der Waals surface area contributed by atoms with Gasteiger partial charge >= 0.3 is 5.97 Å². The average molecular weight is 322 g/mol. The van der Waals surface area contributed by atoms with Crippen LogP contribution in [-0.2, 0) is 4.79 Å². The Hall–Kier alpha value is -1.75. The molecule has 1 N–H and O–H groups in total. The Labute approximate surface area is 118 Å². The van der Waals surface area contributed by atoms with Gasteiger partial charge in [0, 0.05) is 27.5 Å². The van der Waals surface area contributed by atoms with Gasteiger partial charge in [-0.1, -0.05) is 28.9 Å². The Morgan fingerprint density at radius 1 is 1.37 bits per heavy atom. The van der Waals surface area contributed by atoms with Gasteiger partial charge in [-0.3, -0.25) is 14.6 Å². The molecule has 1 atom stereocenters. The molecule has 0 fully saturated rings. The molecule has 1 heterocycles. The maximum atomic E-state index is 12.3. The number of aliphatic carboxylic acids is 1. The highest BCUT2D eigenvalue weighted by molar-refractivity contribution is 9.10. The van der Waals surface area contributed by atoms with E-state index in [1.807, 2.05) is 6.07 Å². The lowest BCUT2D eigenvalue weighted by molar-refractivity contribution is -0.137. The van der Waals surface area contributed by atoms with Crippen molar-refractivity contribution < 1.29 is 14.7 Å². The van der Waals surface area contributed by atoms with Crippen LogP contribution in [0.3, 0.4) is 0 Å². The number of benzene rings is 1. The molecular formula is C14H12BrNO3. The van der Waals surface area contributed by atoms with Gasteiger partial charge in [0.25, 0.3) is 0 Å². The number of carbonyl (C=O) groups is 2. The van der Waals surface area contributed by atoms with E-state index in [1.54, 1.807) is 31.3 Å². The van der Waals surface area contributed by atoms with Gasteiger partial charge in [-0.2, -0.15) is 0 Å². The van der Waals surface area contributed by atoms with E-state index in [1.165, 1.54) is 0 Å². The molecule has 0 saturated heterocycles. The molecule has 0 saturated carbocycles. The van der Waals surface area contributed by atoms with Gasteiger partial charge in [0.2, 0.25) is 0 Å². The van der Waals surface area contributed by atoms with Crippen molar-refractivity contribution in [1.82, 2.24) is 4.98 Å². The third-order valence-electron chi connectivity index (χ3n) is 2.91. The first-order chi connectivity index (χ1) is 9.00. The van der Waals surface area contributed by atoms with Crippen LogP contribution in [0, 0.1) is 5.92 Å². The fraction of sp³-hybridized carbons (Fsp3) is 0.214. The predicted octanol–water partition coefficient (Wildman–Crippen LogP) is 3.29. The summed E-state index contributed by atoms with van der Waals surface area (Å²) in [7, 11) is 0. The van der Waals surface area contributed by atoms with Gasteiger partial charge in [-0.05, 0) is 18.2 Å². The van der Waals surface area contributed by atoms with Crippen LogP contribution in [0.5, 0.6) is 0 Å². The molecule has 0 radical (unpaired) electrons. The molecule has 0 amide bonds. The fourth-order valence-electron chi connectivity index (χ4n) is 1.96. The van der Waals surface area contributed by atoms with Crippen molar-refractivity contribution in [3.8, 4) is 0 Å². The summed E-state index contributed by atoms with van der Waals surface area (Å²) in [5, 5.41) is 9.61. The van der Waals surface area contributed by atoms with Gasteiger partial charge in [0.05, 0.1) is 11.9 Å². The highest BCUT2D eigenvalue weighted by Crippen LogP contribution is 2.27. The van der Waals surface area contributed by atoms with E-state index in [0.29, 0.717) is 11.1 Å². The predicted molar refractivity (Wildman–Crippen MR) is 75.2 cm³/mol. The zero-order valence-corrected chi connectivity index (χ0v) is 11.8. The van der Waals surface area contributed by atoms with Gasteiger partial charge in [-0.25, -0.2) is 0 Å². The number of ketones is 1. The quantitative estimate of drug-likeness (QED) is 0.877. The Morgan fingerprint density at radius 3 is 2.79 bits per heavy atom. The zero-order valence-electron chi connectivity index (χ0n) is 10.3. The molecule has 2 aromatic rings. The Morgan fingerprint density at radius 2 is 2.11 bits per heavy atom. The Bertz CT molecular complexity index is 654. The first-order valence-electron chi connectivity index (χ1n) is 5.80. The van der Waals surface area contributed by atoms with Crippen LogP contribution >= 0.6 is 15.9 Å². The lowest BCUT2D eigenvalue weighted by atomic mass is 9.95. The molecule has 0 bridgehead atoms. The number of fused-ring (bicyclic) bond motifs is 1. The molecule has 2 rings (SSSR count). The van der Waals surface area contributed by atoms with Crippen LogP contribution in [0.4, 0.5) is 0 Å². The molecular weight excluding hydrogens is 310 g/mol. The van der Waals surface area contributed by atoms with E-state index in [4.69, 9.17) is 5.11 Å². The van der Waals surface area contributed by atoms with E-state index in [0.717, 1.165) is 9.86 Å². The minimum atomic E-state index is -0.977. The van der Waals surface area contributed by atoms with Crippen LogP contribution in [0.1, 0.15) is 23.7 Å². The topological polar surface area (TPSA) is 67.3 Å². The molecule has 0 aliphatic heterocycles. The van der Waals surface area contributed by atoms with Crippen molar-refractivity contribution in [3.05, 3.63) is 40.5 Å². The SMILES string of the molecule is CC(CC(=O)O)C(=O)c1ccc(Br)c2cccnc12. The highest BCUT2D eigenvalue weighted by atomic mass is 79.9. The summed E-state index contributed by atoms with van der Waals surface area (Å²) in [6.07, 6.45) is 1.44. The number of hydrogen-bond donors (Lipinski definition) is 1. The normalized spacial score (nSPS) is 12.3. The summed E-state index contributed by atoms with van der Waals surface area (Å²) in [4.78, 5) is 27.2. The van der Waals surface area contributed by atoms with Crippen LogP contribution in [0.15, 0.2) is 34.9 Å². The molecule has 98 valence electrons. The number of aromatic nitrogens is 1. The van der Waals surface area contributed by atoms with Crippen molar-refractivity contribution in [3.63, 3.8) is 0 Å². The second-order valence-corrected chi connectivity index (χ2v) is 5.21. The van der Waals surface area contributed by atoms with Crippen molar-refractivity contribution in [1.29, 1.82) is 0 Å². The maximum Gasteiger partial charge on any atom is 0.304 e. The minimum Gasteiger partial charge on any atom is -0.481 e. The van der Waals surface area contributed by atoms with E-state index >= 15 is 0 Å². The number of carboxylic acid groups (broad SMARTS) is 1. The summed E-state index contributed by atoms with van der Waals surface area (Å²) in [6.45, 7) is 1.62. The second-order valence-electron chi connectivity index (χ2n) is 4.36. The van der Waals surface area contributed by atoms with Gasteiger partial charge in [-0.15, -0.1) is 0 Å². The molecule has 1 aromatic carbocycles. The zero-order chi connectivity index (χ0) is 14.0. The van der Waals surface area contributed by atoms with Crippen LogP contribution in [0.25, 0.3) is 10.9 Å². The van der Waals surface area contributed by atoms with Crippen molar-refractivity contribution >= 4 is 38.6 Å². The third kappa shape index (κ3) is 2.81. The van der Waals surface area contributed by atoms with Crippen LogP contribution < -0.4 is 0 Å². The first kappa shape index (κ1) is 13.7. The molecule has 4 nitrogen and oxygen atoms in total. The summed E-state index contributed by atoms with van der Waals surface area (Å²) in [5.74, 6) is -1.74. The van der Waals surface area contributed by atoms with Gasteiger partial charge in [0.1, 0.15) is 0 Å². The van der Waals surface area contributed by atoms with E-state index in [-0.39, 0.29) is 12.2 Å². The van der Waals surface area contributed by atoms with Gasteiger partial charge in [0.15, 0.2) is 5.78 Å². The number of Topliss-reactive ketones (excluding diaryl/α,β-unsaturated/α-hetero) is 1. The second kappa shape index (κ2) is 5.48. The fourth-order valence-corrected chi connectivity index (χ4v) is 2.41. The average Bonchev–Trinajstić information content (AvgIpc) is 2.38. The summed E-state index contributed by atoms with van der Waals surface area (Å²) >= 11 is 3.41. The maximum absolute atomic E-state index is 12.3. The van der Waals surface area contributed by atoms with Crippen molar-refractivity contribution in [2.45, 2.75) is 13.3 Å². The molecule has 19 heavy (non-hydrogen) atoms. The largest absolute Gasteiger partial charge is 0.481 e. The summed E-state index contributed by atoms with van der Waals surface area (Å²) < 4.78 is 0.859. The molecule has 1 unspecified atom stereocenters. The molecule has 0 aliphatic rings. The lowest BCUT2D eigenvalue weighted by Gasteiger charge is -2.10. The number of hydrogen-bond acceptors (Lipinski definition) is 3. The van der Waals surface area contributed by atoms with Crippen molar-refractivity contribution in [2.24, 2.45) is 5.92 Å². The monoisotopic (exact) mass is 321 g/mol. The molecule has 0 spiro atoms. The van der Waals surface area contributed by atoms with E-state index in [2.05, 4.69) is 20.9 Å². The van der Waals surface area contributed by atoms with Gasteiger partial charge < -0.3 is 5.11 Å². The number of pyridine rings is 1. The highest BCUT2D eigenvalue weighted by Gasteiger charge is 2.21. The number of carboxylic acids is 1. The standard InChI is InChI=1S/C14H12BrNO3/c1-8(7-12(17)18)14(19)10-4-5-11(15)9-3-2-6-16-13(9)10/h2-6,8H,7H2,1H3,(H,17,18).